The van der Waals surface area contributed by atoms with Crippen LogP contribution in [0.1, 0.15) is 38.0 Å². The van der Waals surface area contributed by atoms with Crippen LogP contribution in [-0.2, 0) is 0 Å². The zero-order valence-electron chi connectivity index (χ0n) is 7.87. The van der Waals surface area contributed by atoms with Crippen molar-refractivity contribution in [2.45, 2.75) is 33.2 Å². The number of aryl methyl sites for hydroxylation is 1. The minimum atomic E-state index is -0.0660. The van der Waals surface area contributed by atoms with E-state index in [9.17, 15) is 0 Å². The monoisotopic (exact) mass is 168 g/mol. The Balaban J connectivity index is 2.70. The van der Waals surface area contributed by atoms with Gasteiger partial charge in [0.2, 0.25) is 5.89 Å². The van der Waals surface area contributed by atoms with Crippen LogP contribution in [0.4, 0.5) is 0 Å². The van der Waals surface area contributed by atoms with Crippen LogP contribution in [0.5, 0.6) is 0 Å². The topological polar surface area (TPSA) is 52.0 Å². The molecule has 0 aromatic carbocycles. The van der Waals surface area contributed by atoms with Gasteiger partial charge in [0.1, 0.15) is 5.76 Å². The third-order valence-corrected chi connectivity index (χ3v) is 2.18. The lowest BCUT2D eigenvalue weighted by atomic mass is 10.0. The molecule has 3 nitrogen and oxygen atoms in total. The first-order valence-electron chi connectivity index (χ1n) is 4.33. The lowest BCUT2D eigenvalue weighted by molar-refractivity contribution is 0.356. The van der Waals surface area contributed by atoms with Gasteiger partial charge >= 0.3 is 0 Å². The zero-order chi connectivity index (χ0) is 9.14. The van der Waals surface area contributed by atoms with Crippen LogP contribution in [-0.4, -0.2) is 4.98 Å². The minimum Gasteiger partial charge on any atom is -0.444 e. The molecule has 12 heavy (non-hydrogen) atoms. The third kappa shape index (κ3) is 1.85. The predicted molar refractivity (Wildman–Crippen MR) is 47.6 cm³/mol. The van der Waals surface area contributed by atoms with Crippen molar-refractivity contribution in [3.05, 3.63) is 17.8 Å². The predicted octanol–water partition coefficient (Wildman–Crippen LogP) is 2.03. The van der Waals surface area contributed by atoms with E-state index in [1.54, 1.807) is 6.20 Å². The molecule has 3 heteroatoms. The van der Waals surface area contributed by atoms with Crippen LogP contribution in [0.3, 0.4) is 0 Å². The van der Waals surface area contributed by atoms with Crippen LogP contribution >= 0.6 is 0 Å². The van der Waals surface area contributed by atoms with E-state index < -0.39 is 0 Å². The van der Waals surface area contributed by atoms with Gasteiger partial charge in [0.05, 0.1) is 12.2 Å². The molecule has 1 aromatic rings. The van der Waals surface area contributed by atoms with Crippen molar-refractivity contribution < 1.29 is 4.42 Å². The van der Waals surface area contributed by atoms with Crippen molar-refractivity contribution in [1.82, 2.24) is 4.98 Å². The van der Waals surface area contributed by atoms with Gasteiger partial charge in [-0.2, -0.15) is 0 Å². The highest BCUT2D eigenvalue weighted by Crippen LogP contribution is 2.20. The second kappa shape index (κ2) is 3.72. The van der Waals surface area contributed by atoms with Crippen molar-refractivity contribution in [2.24, 2.45) is 11.7 Å². The molecule has 0 saturated carbocycles. The summed E-state index contributed by atoms with van der Waals surface area (Å²) in [5.74, 6) is 1.90. The second-order valence-electron chi connectivity index (χ2n) is 3.22. The summed E-state index contributed by atoms with van der Waals surface area (Å²) in [5.41, 5.74) is 5.91. The van der Waals surface area contributed by atoms with Crippen molar-refractivity contribution in [3.63, 3.8) is 0 Å². The number of nitrogens with zero attached hydrogens (tertiary/aromatic N) is 1. The zero-order valence-corrected chi connectivity index (χ0v) is 7.87. The standard InChI is InChI=1S/C9H16N2O/c1-4-6(2)8(10)9-11-5-7(3)12-9/h5-6,8H,4,10H2,1-3H3. The van der Waals surface area contributed by atoms with Gasteiger partial charge in [0.25, 0.3) is 0 Å². The maximum atomic E-state index is 5.91. The molecule has 1 rings (SSSR count). The Hall–Kier alpha value is -0.830. The second-order valence-corrected chi connectivity index (χ2v) is 3.22. The first kappa shape index (κ1) is 9.26. The maximum Gasteiger partial charge on any atom is 0.211 e. The van der Waals surface area contributed by atoms with Gasteiger partial charge in [-0.25, -0.2) is 4.98 Å². The highest BCUT2D eigenvalue weighted by molar-refractivity contribution is 4.96. The Morgan fingerprint density at radius 3 is 2.75 bits per heavy atom. The summed E-state index contributed by atoms with van der Waals surface area (Å²) >= 11 is 0. The van der Waals surface area contributed by atoms with E-state index >= 15 is 0 Å². The average Bonchev–Trinajstić information content (AvgIpc) is 2.49. The van der Waals surface area contributed by atoms with Gasteiger partial charge in [-0.15, -0.1) is 0 Å². The molecule has 68 valence electrons. The van der Waals surface area contributed by atoms with Gasteiger partial charge in [-0.3, -0.25) is 0 Å². The molecule has 1 aromatic heterocycles. The van der Waals surface area contributed by atoms with E-state index in [2.05, 4.69) is 18.8 Å². The maximum absolute atomic E-state index is 5.91. The lowest BCUT2D eigenvalue weighted by Crippen LogP contribution is -2.18. The van der Waals surface area contributed by atoms with E-state index in [4.69, 9.17) is 10.2 Å². The van der Waals surface area contributed by atoms with Crippen LogP contribution in [0, 0.1) is 12.8 Å². The fraction of sp³-hybridized carbons (Fsp3) is 0.667. The first-order chi connectivity index (χ1) is 5.65. The third-order valence-electron chi connectivity index (χ3n) is 2.18. The summed E-state index contributed by atoms with van der Waals surface area (Å²) in [7, 11) is 0. The van der Waals surface area contributed by atoms with E-state index in [1.807, 2.05) is 6.92 Å². The van der Waals surface area contributed by atoms with Crippen LogP contribution in [0.15, 0.2) is 10.6 Å². The number of rotatable bonds is 3. The summed E-state index contributed by atoms with van der Waals surface area (Å²) in [5, 5.41) is 0. The molecular weight excluding hydrogens is 152 g/mol. The van der Waals surface area contributed by atoms with E-state index in [0.29, 0.717) is 11.8 Å². The summed E-state index contributed by atoms with van der Waals surface area (Å²) in [6, 6.07) is -0.0660. The molecule has 0 aliphatic heterocycles. The minimum absolute atomic E-state index is 0.0660. The summed E-state index contributed by atoms with van der Waals surface area (Å²) in [4.78, 5) is 4.09. The summed E-state index contributed by atoms with van der Waals surface area (Å²) in [6.45, 7) is 6.09. The number of nitrogens with two attached hydrogens (primary N) is 1. The molecule has 2 atom stereocenters. The fourth-order valence-corrected chi connectivity index (χ4v) is 1.02. The Kier molecular flexibility index (Phi) is 2.87. The smallest absolute Gasteiger partial charge is 0.211 e. The van der Waals surface area contributed by atoms with E-state index in [0.717, 1.165) is 12.2 Å². The van der Waals surface area contributed by atoms with Gasteiger partial charge < -0.3 is 10.2 Å². The van der Waals surface area contributed by atoms with Crippen LogP contribution < -0.4 is 5.73 Å². The summed E-state index contributed by atoms with van der Waals surface area (Å²) < 4.78 is 5.33. The number of hydrogen-bond acceptors (Lipinski definition) is 3. The highest BCUT2D eigenvalue weighted by Gasteiger charge is 2.17. The van der Waals surface area contributed by atoms with Gasteiger partial charge in [0, 0.05) is 0 Å². The van der Waals surface area contributed by atoms with E-state index in [-0.39, 0.29) is 6.04 Å². The van der Waals surface area contributed by atoms with Crippen molar-refractivity contribution in [1.29, 1.82) is 0 Å². The molecule has 2 unspecified atom stereocenters. The molecule has 0 saturated heterocycles. The fourth-order valence-electron chi connectivity index (χ4n) is 1.02. The molecular formula is C9H16N2O. The number of hydrogen-bond donors (Lipinski definition) is 1. The molecule has 0 aliphatic rings. The molecule has 2 N–H and O–H groups in total. The van der Waals surface area contributed by atoms with Crippen LogP contribution in [0.2, 0.25) is 0 Å². The van der Waals surface area contributed by atoms with Crippen LogP contribution in [0.25, 0.3) is 0 Å². The van der Waals surface area contributed by atoms with Crippen molar-refractivity contribution >= 4 is 0 Å². The molecule has 0 spiro atoms. The van der Waals surface area contributed by atoms with Gasteiger partial charge in [0.15, 0.2) is 0 Å². The van der Waals surface area contributed by atoms with Crippen molar-refractivity contribution in [2.75, 3.05) is 0 Å². The normalized spacial score (nSPS) is 16.0. The molecule has 0 fully saturated rings. The molecule has 1 heterocycles. The highest BCUT2D eigenvalue weighted by atomic mass is 16.4. The molecule has 0 bridgehead atoms. The van der Waals surface area contributed by atoms with Gasteiger partial charge in [-0.1, -0.05) is 20.3 Å². The van der Waals surface area contributed by atoms with Gasteiger partial charge in [-0.05, 0) is 12.8 Å². The Morgan fingerprint density at radius 1 is 1.67 bits per heavy atom. The quantitative estimate of drug-likeness (QED) is 0.751. The molecule has 0 amide bonds. The number of aromatic nitrogens is 1. The Bertz CT molecular complexity index is 244. The molecule has 0 aliphatic carbocycles. The molecule has 0 radical (unpaired) electrons. The van der Waals surface area contributed by atoms with Crippen molar-refractivity contribution in [3.8, 4) is 0 Å². The SMILES string of the molecule is CCC(C)C(N)c1ncc(C)o1. The van der Waals surface area contributed by atoms with E-state index in [1.165, 1.54) is 0 Å². The average molecular weight is 168 g/mol. The Morgan fingerprint density at radius 2 is 2.33 bits per heavy atom. The Labute approximate surface area is 73.0 Å². The summed E-state index contributed by atoms with van der Waals surface area (Å²) in [6.07, 6.45) is 2.75. The largest absolute Gasteiger partial charge is 0.444 e. The first-order valence-corrected chi connectivity index (χ1v) is 4.33. The number of oxazole rings is 1. The lowest BCUT2D eigenvalue weighted by Gasteiger charge is -2.13.